The number of hydrogen-bond acceptors (Lipinski definition) is 6. The normalized spacial score (nSPS) is 20.3. The largest absolute Gasteiger partial charge is 0.481 e. The van der Waals surface area contributed by atoms with E-state index in [2.05, 4.69) is 32.6 Å². The van der Waals surface area contributed by atoms with E-state index < -0.39 is 17.8 Å². The monoisotopic (exact) mass is 612 g/mol. The second kappa shape index (κ2) is 15.2. The number of aryl methyl sites for hydroxylation is 1. The number of aliphatic carboxylic acids is 1. The number of carboxylic acids is 1. The standard InChI is InChI=1S/C35H49FN2O6/c1-6-9-22(4)14-30-33(35(41)42)28(24-16-25(20-39)34-31(17-24)43-21-44-34)18-37(30)19-32(40)38(26(10-7-2)11-8-3)27-12-13-29(36)23(5)15-27/h12-13,15-17,22,26,28,30,33,39H,6-11,14,18-21H2,1-5H3,(H,41,42)/t22?,28-,30+,33-/m1/s1. The first-order valence-electron chi connectivity index (χ1n) is 16.2. The highest BCUT2D eigenvalue weighted by atomic mass is 19.1. The van der Waals surface area contributed by atoms with Gasteiger partial charge in [0.15, 0.2) is 11.5 Å². The van der Waals surface area contributed by atoms with E-state index in [9.17, 15) is 24.2 Å². The number of carbonyl (C=O) groups is 2. The van der Waals surface area contributed by atoms with E-state index in [0.29, 0.717) is 41.3 Å². The van der Waals surface area contributed by atoms with E-state index in [4.69, 9.17) is 9.47 Å². The molecule has 2 N–H and O–H groups in total. The lowest BCUT2D eigenvalue weighted by Crippen LogP contribution is -2.48. The molecule has 242 valence electrons. The van der Waals surface area contributed by atoms with Crippen LogP contribution in [0.3, 0.4) is 0 Å². The van der Waals surface area contributed by atoms with Gasteiger partial charge in [-0.1, -0.05) is 53.4 Å². The van der Waals surface area contributed by atoms with Gasteiger partial charge in [0.25, 0.3) is 0 Å². The molecule has 2 heterocycles. The highest BCUT2D eigenvalue weighted by molar-refractivity contribution is 5.95. The van der Waals surface area contributed by atoms with Crippen molar-refractivity contribution >= 4 is 17.6 Å². The molecule has 9 heteroatoms. The van der Waals surface area contributed by atoms with Crippen LogP contribution >= 0.6 is 0 Å². The Labute approximate surface area is 261 Å². The molecule has 0 saturated carbocycles. The van der Waals surface area contributed by atoms with Gasteiger partial charge in [-0.05, 0) is 73.6 Å². The highest BCUT2D eigenvalue weighted by Crippen LogP contribution is 2.45. The van der Waals surface area contributed by atoms with Gasteiger partial charge in [0.2, 0.25) is 12.7 Å². The molecule has 0 bridgehead atoms. The zero-order chi connectivity index (χ0) is 32.0. The first-order valence-corrected chi connectivity index (χ1v) is 16.2. The lowest BCUT2D eigenvalue weighted by Gasteiger charge is -2.35. The SMILES string of the molecule is CCCC(C)C[C@H]1[C@H](C(=O)O)[C@@H](c2cc(CO)c3c(c2)OCO3)CN1CC(=O)N(c1ccc(F)c(C)c1)C(CCC)CCC. The summed E-state index contributed by atoms with van der Waals surface area (Å²) in [5, 5.41) is 20.7. The van der Waals surface area contributed by atoms with Crippen molar-refractivity contribution in [3.63, 3.8) is 0 Å². The van der Waals surface area contributed by atoms with Gasteiger partial charge in [-0.15, -0.1) is 0 Å². The van der Waals surface area contributed by atoms with Gasteiger partial charge in [0.1, 0.15) is 5.82 Å². The fraction of sp³-hybridized carbons (Fsp3) is 0.600. The highest BCUT2D eigenvalue weighted by Gasteiger charge is 2.48. The predicted octanol–water partition coefficient (Wildman–Crippen LogP) is 6.65. The average molecular weight is 613 g/mol. The molecule has 1 amide bonds. The number of aliphatic hydroxyl groups is 1. The Morgan fingerprint density at radius 3 is 2.39 bits per heavy atom. The Kier molecular flexibility index (Phi) is 11.7. The summed E-state index contributed by atoms with van der Waals surface area (Å²) >= 11 is 0. The maximum absolute atomic E-state index is 14.4. The Morgan fingerprint density at radius 1 is 1.07 bits per heavy atom. The molecule has 2 aliphatic rings. The number of fused-ring (bicyclic) bond motifs is 1. The first kappa shape index (κ1) is 33.7. The number of halogens is 1. The summed E-state index contributed by atoms with van der Waals surface area (Å²) in [7, 11) is 0. The summed E-state index contributed by atoms with van der Waals surface area (Å²) in [6.07, 6.45) is 6.03. The van der Waals surface area contributed by atoms with Crippen LogP contribution in [0.5, 0.6) is 11.5 Å². The molecule has 4 atom stereocenters. The number of nitrogens with zero attached hydrogens (tertiary/aromatic N) is 2. The molecule has 2 aromatic carbocycles. The van der Waals surface area contributed by atoms with Crippen molar-refractivity contribution in [3.05, 3.63) is 52.8 Å². The minimum Gasteiger partial charge on any atom is -0.481 e. The Hall–Kier alpha value is -3.17. The third-order valence-corrected chi connectivity index (χ3v) is 9.26. The van der Waals surface area contributed by atoms with E-state index in [0.717, 1.165) is 44.1 Å². The maximum atomic E-state index is 14.4. The molecule has 0 aliphatic carbocycles. The van der Waals surface area contributed by atoms with Crippen molar-refractivity contribution in [2.75, 3.05) is 24.8 Å². The molecule has 2 aliphatic heterocycles. The van der Waals surface area contributed by atoms with Crippen LogP contribution in [0.15, 0.2) is 30.3 Å². The third kappa shape index (κ3) is 7.37. The first-order chi connectivity index (χ1) is 21.1. The van der Waals surface area contributed by atoms with E-state index in [1.165, 1.54) is 6.07 Å². The summed E-state index contributed by atoms with van der Waals surface area (Å²) in [6, 6.07) is 8.06. The molecule has 4 rings (SSSR count). The number of aliphatic hydroxyl groups excluding tert-OH is 1. The summed E-state index contributed by atoms with van der Waals surface area (Å²) < 4.78 is 25.5. The number of anilines is 1. The number of amides is 1. The second-order valence-corrected chi connectivity index (χ2v) is 12.6. The molecule has 2 aromatic rings. The lowest BCUT2D eigenvalue weighted by molar-refractivity contribution is -0.143. The fourth-order valence-electron chi connectivity index (χ4n) is 7.24. The number of benzene rings is 2. The minimum atomic E-state index is -0.900. The predicted molar refractivity (Wildman–Crippen MR) is 169 cm³/mol. The molecular formula is C35H49FN2O6. The third-order valence-electron chi connectivity index (χ3n) is 9.26. The molecule has 8 nitrogen and oxygen atoms in total. The maximum Gasteiger partial charge on any atom is 0.308 e. The van der Waals surface area contributed by atoms with Gasteiger partial charge in [-0.25, -0.2) is 4.39 Å². The van der Waals surface area contributed by atoms with Gasteiger partial charge >= 0.3 is 5.97 Å². The van der Waals surface area contributed by atoms with Crippen LogP contribution in [0.1, 0.15) is 95.2 Å². The van der Waals surface area contributed by atoms with Crippen molar-refractivity contribution in [3.8, 4) is 11.5 Å². The summed E-state index contributed by atoms with van der Waals surface area (Å²) in [5.74, 6) is -1.22. The van der Waals surface area contributed by atoms with Crippen molar-refractivity contribution in [2.24, 2.45) is 11.8 Å². The van der Waals surface area contributed by atoms with Crippen molar-refractivity contribution in [1.82, 2.24) is 4.90 Å². The summed E-state index contributed by atoms with van der Waals surface area (Å²) in [4.78, 5) is 31.3. The van der Waals surface area contributed by atoms with Crippen molar-refractivity contribution in [2.45, 2.75) is 104 Å². The van der Waals surface area contributed by atoms with Gasteiger partial charge in [-0.2, -0.15) is 0 Å². The van der Waals surface area contributed by atoms with Gasteiger partial charge < -0.3 is 24.6 Å². The molecule has 1 unspecified atom stereocenters. The van der Waals surface area contributed by atoms with Gasteiger partial charge in [0, 0.05) is 35.8 Å². The van der Waals surface area contributed by atoms with E-state index >= 15 is 0 Å². The molecule has 0 aromatic heterocycles. The van der Waals surface area contributed by atoms with E-state index in [1.54, 1.807) is 19.1 Å². The van der Waals surface area contributed by atoms with Crippen LogP contribution in [0.2, 0.25) is 0 Å². The minimum absolute atomic E-state index is 0.0468. The molecule has 0 radical (unpaired) electrons. The number of carbonyl (C=O) groups excluding carboxylic acids is 1. The van der Waals surface area contributed by atoms with Crippen LogP contribution in [0.25, 0.3) is 0 Å². The van der Waals surface area contributed by atoms with Crippen LogP contribution < -0.4 is 14.4 Å². The number of ether oxygens (including phenoxy) is 2. The van der Waals surface area contributed by atoms with E-state index in [-0.39, 0.29) is 49.7 Å². The molecule has 1 saturated heterocycles. The van der Waals surface area contributed by atoms with Crippen LogP contribution in [0.4, 0.5) is 10.1 Å². The van der Waals surface area contributed by atoms with E-state index in [1.807, 2.05) is 17.0 Å². The van der Waals surface area contributed by atoms with Crippen molar-refractivity contribution in [1.29, 1.82) is 0 Å². The number of carboxylic acid groups (broad SMARTS) is 1. The zero-order valence-electron chi connectivity index (χ0n) is 26.9. The van der Waals surface area contributed by atoms with Gasteiger partial charge in [0.05, 0.1) is 19.1 Å². The fourth-order valence-corrected chi connectivity index (χ4v) is 7.24. The smallest absolute Gasteiger partial charge is 0.308 e. The summed E-state index contributed by atoms with van der Waals surface area (Å²) in [5.41, 5.74) is 2.47. The quantitative estimate of drug-likeness (QED) is 0.232. The molecule has 0 spiro atoms. The van der Waals surface area contributed by atoms with Crippen LogP contribution in [0, 0.1) is 24.6 Å². The number of rotatable bonds is 15. The summed E-state index contributed by atoms with van der Waals surface area (Å²) in [6.45, 7) is 10.4. The second-order valence-electron chi connectivity index (χ2n) is 12.6. The molecular weight excluding hydrogens is 563 g/mol. The number of hydrogen-bond donors (Lipinski definition) is 2. The molecule has 44 heavy (non-hydrogen) atoms. The van der Waals surface area contributed by atoms with Crippen LogP contribution in [-0.2, 0) is 16.2 Å². The molecule has 1 fully saturated rings. The van der Waals surface area contributed by atoms with Crippen molar-refractivity contribution < 1.29 is 33.7 Å². The topological polar surface area (TPSA) is 99.5 Å². The van der Waals surface area contributed by atoms with Crippen LogP contribution in [-0.4, -0.2) is 59.0 Å². The Balaban J connectivity index is 1.73. The Bertz CT molecular complexity index is 1300. The number of likely N-dealkylation sites (tertiary alicyclic amines) is 1. The lowest BCUT2D eigenvalue weighted by atomic mass is 9.81. The van der Waals surface area contributed by atoms with Gasteiger partial charge in [-0.3, -0.25) is 14.5 Å². The zero-order valence-corrected chi connectivity index (χ0v) is 26.9. The average Bonchev–Trinajstić information content (AvgIpc) is 3.60. The Morgan fingerprint density at radius 2 is 1.77 bits per heavy atom.